The van der Waals surface area contributed by atoms with Gasteiger partial charge in [0, 0.05) is 51.5 Å². The highest BCUT2D eigenvalue weighted by atomic mass is 19.4. The van der Waals surface area contributed by atoms with Crippen LogP contribution in [0.3, 0.4) is 0 Å². The molecule has 2 bridgehead atoms. The van der Waals surface area contributed by atoms with Gasteiger partial charge in [0.2, 0.25) is 0 Å². The second kappa shape index (κ2) is 9.24. The number of hydrogen-bond donors (Lipinski definition) is 1. The first-order chi connectivity index (χ1) is 16.4. The van der Waals surface area contributed by atoms with Crippen LogP contribution in [0.5, 0.6) is 0 Å². The molecular weight excluding hydrogens is 449 g/mol. The van der Waals surface area contributed by atoms with Crippen LogP contribution in [-0.2, 0) is 0 Å². The summed E-state index contributed by atoms with van der Waals surface area (Å²) in [7, 11) is 0. The van der Waals surface area contributed by atoms with Crippen LogP contribution in [0.15, 0.2) is 30.7 Å². The molecule has 9 nitrogen and oxygen atoms in total. The van der Waals surface area contributed by atoms with Crippen LogP contribution in [0, 0.1) is 0 Å². The maximum atomic E-state index is 13.4. The van der Waals surface area contributed by atoms with Crippen molar-refractivity contribution in [2.24, 2.45) is 0 Å². The van der Waals surface area contributed by atoms with Gasteiger partial charge in [-0.25, -0.2) is 19.7 Å². The van der Waals surface area contributed by atoms with E-state index >= 15 is 0 Å². The molecule has 0 atom stereocenters. The molecule has 0 spiro atoms. The quantitative estimate of drug-likeness (QED) is 0.730. The van der Waals surface area contributed by atoms with Crippen molar-refractivity contribution in [1.82, 2.24) is 19.9 Å². The maximum Gasteiger partial charge on any atom is 0.401 e. The van der Waals surface area contributed by atoms with E-state index in [1.165, 1.54) is 11.2 Å². The number of rotatable bonds is 3. The van der Waals surface area contributed by atoms with Gasteiger partial charge < -0.3 is 9.80 Å². The first-order valence-corrected chi connectivity index (χ1v) is 11.5. The van der Waals surface area contributed by atoms with Crippen molar-refractivity contribution < 1.29 is 18.0 Å². The Morgan fingerprint density at radius 2 is 1.85 bits per heavy atom. The predicted molar refractivity (Wildman–Crippen MR) is 122 cm³/mol. The number of carbonyl (C=O) groups excluding carboxylic acids is 1. The Morgan fingerprint density at radius 1 is 1.03 bits per heavy atom. The molecule has 0 radical (unpaired) electrons. The van der Waals surface area contributed by atoms with Crippen LogP contribution in [0.4, 0.5) is 41.1 Å². The van der Waals surface area contributed by atoms with Crippen LogP contribution in [0.25, 0.3) is 0 Å². The lowest BCUT2D eigenvalue weighted by atomic mass is 10.1. The van der Waals surface area contributed by atoms with E-state index in [0.29, 0.717) is 50.1 Å². The van der Waals surface area contributed by atoms with Crippen molar-refractivity contribution >= 4 is 29.2 Å². The van der Waals surface area contributed by atoms with Crippen LogP contribution in [-0.4, -0.2) is 83.9 Å². The van der Waals surface area contributed by atoms with E-state index in [9.17, 15) is 18.0 Å². The van der Waals surface area contributed by atoms with E-state index in [1.807, 2.05) is 17.0 Å². The van der Waals surface area contributed by atoms with Crippen LogP contribution < -0.4 is 20.0 Å². The number of piperidine rings is 1. The Morgan fingerprint density at radius 3 is 2.59 bits per heavy atom. The van der Waals surface area contributed by atoms with Crippen molar-refractivity contribution in [2.75, 3.05) is 65.8 Å². The van der Waals surface area contributed by atoms with Crippen molar-refractivity contribution in [3.05, 3.63) is 30.7 Å². The van der Waals surface area contributed by atoms with Crippen molar-refractivity contribution in [1.29, 1.82) is 0 Å². The van der Waals surface area contributed by atoms with Crippen molar-refractivity contribution in [3.63, 3.8) is 0 Å². The molecule has 2 aromatic rings. The number of nitrogens with zero attached hydrogens (tertiary/aromatic N) is 7. The monoisotopic (exact) mass is 476 g/mol. The molecule has 2 fully saturated rings. The molecule has 1 N–H and O–H groups in total. The van der Waals surface area contributed by atoms with Gasteiger partial charge in [-0.3, -0.25) is 15.1 Å². The minimum absolute atomic E-state index is 0.00787. The molecule has 0 saturated carbocycles. The minimum atomic E-state index is -4.21. The van der Waals surface area contributed by atoms with Gasteiger partial charge in [0.05, 0.1) is 12.2 Å². The molecule has 6 heterocycles. The Hall–Kier alpha value is -3.15. The summed E-state index contributed by atoms with van der Waals surface area (Å²) in [5.74, 6) is 1.67. The Kier molecular flexibility index (Phi) is 6.15. The van der Waals surface area contributed by atoms with E-state index in [4.69, 9.17) is 4.98 Å². The average Bonchev–Trinajstić information content (AvgIpc) is 3.19. The van der Waals surface area contributed by atoms with E-state index in [1.54, 1.807) is 17.2 Å². The summed E-state index contributed by atoms with van der Waals surface area (Å²) in [4.78, 5) is 33.7. The molecule has 4 aliphatic heterocycles. The van der Waals surface area contributed by atoms with Crippen molar-refractivity contribution in [3.8, 4) is 0 Å². The number of carbonyl (C=O) groups is 1. The first kappa shape index (κ1) is 22.6. The number of aromatic nitrogens is 3. The zero-order valence-electron chi connectivity index (χ0n) is 18.7. The molecule has 12 heteroatoms. The van der Waals surface area contributed by atoms with Gasteiger partial charge in [0.1, 0.15) is 18.0 Å². The molecule has 2 amide bonds. The standard InChI is InChI=1S/C22H27F3N8O/c23-22(24,25)14-30-8-1-9-32(13-12-30)19-3-2-17-20(29-19)33(16-5-10-31(17)11-6-16)21(34)28-18-4-7-26-15-27-18/h2-4,7,15-16H,1,5-6,8-14H2,(H,26,27,28,34). The third kappa shape index (κ3) is 4.86. The summed E-state index contributed by atoms with van der Waals surface area (Å²) < 4.78 is 38.6. The maximum absolute atomic E-state index is 13.4. The zero-order chi connectivity index (χ0) is 23.7. The number of alkyl halides is 3. The highest BCUT2D eigenvalue weighted by Gasteiger charge is 2.38. The smallest absolute Gasteiger partial charge is 0.368 e. The molecule has 0 unspecified atom stereocenters. The molecule has 34 heavy (non-hydrogen) atoms. The summed E-state index contributed by atoms with van der Waals surface area (Å²) in [5.41, 5.74) is 0.898. The topological polar surface area (TPSA) is 80.7 Å². The number of pyridine rings is 1. The second-order valence-corrected chi connectivity index (χ2v) is 8.86. The molecule has 2 saturated heterocycles. The van der Waals surface area contributed by atoms with E-state index < -0.39 is 12.7 Å². The summed E-state index contributed by atoms with van der Waals surface area (Å²) in [6.07, 6.45) is 1.01. The fraction of sp³-hybridized carbons (Fsp3) is 0.545. The number of fused-ring (bicyclic) bond motifs is 2. The Bertz CT molecular complexity index is 1010. The second-order valence-electron chi connectivity index (χ2n) is 8.86. The van der Waals surface area contributed by atoms with E-state index in [0.717, 1.165) is 31.6 Å². The molecule has 4 aliphatic rings. The molecule has 0 aromatic carbocycles. The Labute approximate surface area is 195 Å². The van der Waals surface area contributed by atoms with E-state index in [2.05, 4.69) is 20.2 Å². The van der Waals surface area contributed by atoms with Crippen molar-refractivity contribution in [2.45, 2.75) is 31.5 Å². The zero-order valence-corrected chi connectivity index (χ0v) is 18.7. The molecular formula is C22H27F3N8O. The molecule has 182 valence electrons. The number of anilines is 4. The summed E-state index contributed by atoms with van der Waals surface area (Å²) in [6.45, 7) is 2.54. The highest BCUT2D eigenvalue weighted by molar-refractivity contribution is 6.03. The SMILES string of the molecule is O=C(Nc1ccncn1)N1c2nc(N3CCCN(CC(F)(F)F)CC3)ccc2N2CCC1CC2. The van der Waals surface area contributed by atoms with E-state index in [-0.39, 0.29) is 12.1 Å². The van der Waals surface area contributed by atoms with Gasteiger partial charge in [0.15, 0.2) is 5.82 Å². The lowest BCUT2D eigenvalue weighted by Gasteiger charge is -2.31. The third-order valence-corrected chi connectivity index (χ3v) is 6.59. The number of amides is 2. The molecule has 0 aliphatic carbocycles. The third-order valence-electron chi connectivity index (χ3n) is 6.59. The van der Waals surface area contributed by atoms with Gasteiger partial charge in [-0.15, -0.1) is 0 Å². The van der Waals surface area contributed by atoms with Crippen LogP contribution in [0.2, 0.25) is 0 Å². The lowest BCUT2D eigenvalue weighted by Crippen LogP contribution is -2.46. The van der Waals surface area contributed by atoms with Gasteiger partial charge in [-0.2, -0.15) is 13.2 Å². The van der Waals surface area contributed by atoms with Gasteiger partial charge in [-0.05, 0) is 37.5 Å². The fourth-order valence-corrected chi connectivity index (χ4v) is 4.98. The van der Waals surface area contributed by atoms with Crippen LogP contribution >= 0.6 is 0 Å². The van der Waals surface area contributed by atoms with Gasteiger partial charge >= 0.3 is 12.2 Å². The molecule has 2 aromatic heterocycles. The normalized spacial score (nSPS) is 19.6. The van der Waals surface area contributed by atoms with Gasteiger partial charge in [-0.1, -0.05) is 0 Å². The summed E-state index contributed by atoms with van der Waals surface area (Å²) >= 11 is 0. The lowest BCUT2D eigenvalue weighted by molar-refractivity contribution is -0.145. The average molecular weight is 477 g/mol. The minimum Gasteiger partial charge on any atom is -0.368 e. The summed E-state index contributed by atoms with van der Waals surface area (Å²) in [5, 5.41) is 2.85. The largest absolute Gasteiger partial charge is 0.401 e. The first-order valence-electron chi connectivity index (χ1n) is 11.5. The number of urea groups is 1. The van der Waals surface area contributed by atoms with Crippen LogP contribution in [0.1, 0.15) is 19.3 Å². The number of nitrogens with one attached hydrogen (secondary N) is 1. The number of hydrogen-bond acceptors (Lipinski definition) is 7. The summed E-state index contributed by atoms with van der Waals surface area (Å²) in [6, 6.07) is 5.23. The Balaban J connectivity index is 1.40. The fourth-order valence-electron chi connectivity index (χ4n) is 4.98. The van der Waals surface area contributed by atoms with Gasteiger partial charge in [0.25, 0.3) is 0 Å². The number of halogens is 3. The molecule has 6 rings (SSSR count). The highest BCUT2D eigenvalue weighted by Crippen LogP contribution is 2.39. The predicted octanol–water partition coefficient (Wildman–Crippen LogP) is 2.97.